The number of nitrogens with one attached hydrogen (secondary N) is 1. The van der Waals surface area contributed by atoms with Gasteiger partial charge in [0, 0.05) is 5.92 Å². The molecule has 0 unspecified atom stereocenters. The van der Waals surface area contributed by atoms with Crippen molar-refractivity contribution in [1.82, 2.24) is 10.1 Å². The summed E-state index contributed by atoms with van der Waals surface area (Å²) in [5.74, 6) is 0.875. The van der Waals surface area contributed by atoms with Crippen LogP contribution in [0.5, 0.6) is 5.75 Å². The second-order valence-corrected chi connectivity index (χ2v) is 7.23. The zero-order valence-electron chi connectivity index (χ0n) is 17.1. The van der Waals surface area contributed by atoms with E-state index in [0.717, 1.165) is 11.1 Å². The Hall–Kier alpha value is -3.68. The average molecular weight is 408 g/mol. The Morgan fingerprint density at radius 3 is 2.53 bits per heavy atom. The number of benzene rings is 2. The first-order chi connectivity index (χ1) is 14.3. The average Bonchev–Trinajstić information content (AvgIpc) is 3.19. The lowest BCUT2D eigenvalue weighted by Gasteiger charge is -2.12. The molecule has 0 saturated heterocycles. The molecule has 2 aromatic carbocycles. The van der Waals surface area contributed by atoms with E-state index in [-0.39, 0.29) is 24.9 Å². The summed E-state index contributed by atoms with van der Waals surface area (Å²) in [5, 5.41) is 6.86. The molecule has 0 spiro atoms. The molecule has 8 nitrogen and oxygen atoms in total. The largest absolute Gasteiger partial charge is 0.484 e. The second kappa shape index (κ2) is 9.21. The third kappa shape index (κ3) is 5.22. The molecule has 3 rings (SSSR count). The topological polar surface area (TPSA) is 120 Å². The number of para-hydroxylation sites is 1. The van der Waals surface area contributed by atoms with E-state index in [2.05, 4.69) is 15.5 Å². The highest BCUT2D eigenvalue weighted by atomic mass is 16.5. The summed E-state index contributed by atoms with van der Waals surface area (Å²) in [5.41, 5.74) is 8.07. The molecule has 156 valence electrons. The van der Waals surface area contributed by atoms with Gasteiger partial charge < -0.3 is 20.3 Å². The van der Waals surface area contributed by atoms with Crippen LogP contribution in [0.2, 0.25) is 0 Å². The molecule has 8 heteroatoms. The summed E-state index contributed by atoms with van der Waals surface area (Å²) in [7, 11) is 0. The number of primary amides is 1. The SMILES string of the molecule is Cc1cccc(-c2nc(C(C)C)no2)c1NC(=O)COc1ccc(CC(N)=O)cc1. The Balaban J connectivity index is 1.68. The van der Waals surface area contributed by atoms with E-state index in [4.69, 9.17) is 15.0 Å². The van der Waals surface area contributed by atoms with Crippen molar-refractivity contribution < 1.29 is 18.8 Å². The van der Waals surface area contributed by atoms with E-state index in [1.807, 2.05) is 39.0 Å². The zero-order chi connectivity index (χ0) is 21.7. The van der Waals surface area contributed by atoms with Crippen LogP contribution in [-0.2, 0) is 16.0 Å². The van der Waals surface area contributed by atoms with Gasteiger partial charge in [-0.25, -0.2) is 0 Å². The van der Waals surface area contributed by atoms with Crippen molar-refractivity contribution in [3.05, 3.63) is 59.4 Å². The lowest BCUT2D eigenvalue weighted by Crippen LogP contribution is -2.21. The minimum atomic E-state index is -0.404. The van der Waals surface area contributed by atoms with Crippen LogP contribution in [0.3, 0.4) is 0 Å². The van der Waals surface area contributed by atoms with Gasteiger partial charge in [0.05, 0.1) is 17.7 Å². The van der Waals surface area contributed by atoms with Crippen LogP contribution >= 0.6 is 0 Å². The number of rotatable bonds is 8. The number of amides is 2. The Morgan fingerprint density at radius 1 is 1.17 bits per heavy atom. The summed E-state index contributed by atoms with van der Waals surface area (Å²) >= 11 is 0. The number of hydrogen-bond donors (Lipinski definition) is 2. The van der Waals surface area contributed by atoms with E-state index < -0.39 is 5.91 Å². The third-order valence-corrected chi connectivity index (χ3v) is 4.40. The van der Waals surface area contributed by atoms with Gasteiger partial charge in [-0.2, -0.15) is 4.98 Å². The van der Waals surface area contributed by atoms with Crippen LogP contribution in [0.1, 0.15) is 36.7 Å². The van der Waals surface area contributed by atoms with Gasteiger partial charge >= 0.3 is 0 Å². The minimum Gasteiger partial charge on any atom is -0.484 e. The highest BCUT2D eigenvalue weighted by Crippen LogP contribution is 2.30. The van der Waals surface area contributed by atoms with Gasteiger partial charge in [0.2, 0.25) is 5.91 Å². The third-order valence-electron chi connectivity index (χ3n) is 4.40. The number of nitrogens with zero attached hydrogens (tertiary/aromatic N) is 2. The van der Waals surface area contributed by atoms with Crippen LogP contribution in [-0.4, -0.2) is 28.6 Å². The molecule has 0 aliphatic carbocycles. The quantitative estimate of drug-likeness (QED) is 0.590. The number of carbonyl (C=O) groups is 2. The first-order valence-electron chi connectivity index (χ1n) is 9.57. The van der Waals surface area contributed by atoms with Gasteiger partial charge in [0.1, 0.15) is 5.75 Å². The number of anilines is 1. The Labute approximate surface area is 174 Å². The van der Waals surface area contributed by atoms with Gasteiger partial charge in [-0.1, -0.05) is 43.3 Å². The van der Waals surface area contributed by atoms with Gasteiger partial charge in [0.25, 0.3) is 11.8 Å². The first-order valence-corrected chi connectivity index (χ1v) is 9.57. The van der Waals surface area contributed by atoms with Gasteiger partial charge in [-0.3, -0.25) is 9.59 Å². The fourth-order valence-electron chi connectivity index (χ4n) is 2.82. The summed E-state index contributed by atoms with van der Waals surface area (Å²) in [4.78, 5) is 27.9. The van der Waals surface area contributed by atoms with Crippen molar-refractivity contribution in [1.29, 1.82) is 0 Å². The van der Waals surface area contributed by atoms with Crippen LogP contribution in [0, 0.1) is 6.92 Å². The lowest BCUT2D eigenvalue weighted by atomic mass is 10.1. The van der Waals surface area contributed by atoms with Gasteiger partial charge in [0.15, 0.2) is 12.4 Å². The number of carbonyl (C=O) groups excluding carboxylic acids is 2. The number of ether oxygens (including phenoxy) is 1. The second-order valence-electron chi connectivity index (χ2n) is 7.23. The minimum absolute atomic E-state index is 0.133. The van der Waals surface area contributed by atoms with Crippen LogP contribution in [0.25, 0.3) is 11.5 Å². The molecule has 3 aromatic rings. The van der Waals surface area contributed by atoms with E-state index in [0.29, 0.717) is 28.7 Å². The molecule has 0 radical (unpaired) electrons. The predicted molar refractivity (Wildman–Crippen MR) is 112 cm³/mol. The Morgan fingerprint density at radius 2 is 1.90 bits per heavy atom. The van der Waals surface area contributed by atoms with Crippen LogP contribution in [0.15, 0.2) is 47.0 Å². The molecule has 0 atom stereocenters. The van der Waals surface area contributed by atoms with Gasteiger partial charge in [-0.05, 0) is 36.2 Å². The molecular weight excluding hydrogens is 384 g/mol. The number of aryl methyl sites for hydroxylation is 1. The summed E-state index contributed by atoms with van der Waals surface area (Å²) < 4.78 is 10.9. The van der Waals surface area contributed by atoms with Crippen molar-refractivity contribution in [3.63, 3.8) is 0 Å². The van der Waals surface area contributed by atoms with Crippen LogP contribution < -0.4 is 15.8 Å². The number of aromatic nitrogens is 2. The highest BCUT2D eigenvalue weighted by molar-refractivity contribution is 5.96. The summed E-state index contributed by atoms with van der Waals surface area (Å²) in [6.07, 6.45) is 0.158. The first kappa shape index (κ1) is 21.0. The summed E-state index contributed by atoms with van der Waals surface area (Å²) in [6.45, 7) is 5.66. The van der Waals surface area contributed by atoms with E-state index in [9.17, 15) is 9.59 Å². The standard InChI is InChI=1S/C22H24N4O4/c1-13(2)21-25-22(30-26-21)17-6-4-5-14(3)20(17)24-19(28)12-29-16-9-7-15(8-10-16)11-18(23)27/h4-10,13H,11-12H2,1-3H3,(H2,23,27)(H,24,28). The van der Waals surface area contributed by atoms with E-state index in [1.54, 1.807) is 24.3 Å². The van der Waals surface area contributed by atoms with E-state index in [1.165, 1.54) is 0 Å². The monoisotopic (exact) mass is 408 g/mol. The molecule has 0 fully saturated rings. The molecule has 2 amide bonds. The van der Waals surface area contributed by atoms with E-state index >= 15 is 0 Å². The fourth-order valence-corrected chi connectivity index (χ4v) is 2.82. The maximum Gasteiger partial charge on any atom is 0.262 e. The number of hydrogen-bond acceptors (Lipinski definition) is 6. The van der Waals surface area contributed by atoms with Crippen molar-refractivity contribution in [2.45, 2.75) is 33.1 Å². The molecule has 1 aromatic heterocycles. The molecular formula is C22H24N4O4. The number of nitrogens with two attached hydrogens (primary N) is 1. The Kier molecular flexibility index (Phi) is 6.46. The smallest absolute Gasteiger partial charge is 0.262 e. The van der Waals surface area contributed by atoms with Crippen molar-refractivity contribution in [3.8, 4) is 17.2 Å². The van der Waals surface area contributed by atoms with Crippen LogP contribution in [0.4, 0.5) is 5.69 Å². The predicted octanol–water partition coefficient (Wildman–Crippen LogP) is 3.21. The molecule has 0 aliphatic rings. The summed E-state index contributed by atoms with van der Waals surface area (Å²) in [6, 6.07) is 12.4. The molecule has 0 aliphatic heterocycles. The van der Waals surface area contributed by atoms with Crippen molar-refractivity contribution in [2.75, 3.05) is 11.9 Å². The maximum absolute atomic E-state index is 12.5. The molecule has 30 heavy (non-hydrogen) atoms. The van der Waals surface area contributed by atoms with Crippen molar-refractivity contribution in [2.24, 2.45) is 5.73 Å². The van der Waals surface area contributed by atoms with Crippen molar-refractivity contribution >= 4 is 17.5 Å². The zero-order valence-corrected chi connectivity index (χ0v) is 17.1. The lowest BCUT2D eigenvalue weighted by molar-refractivity contribution is -0.118. The molecule has 0 bridgehead atoms. The van der Waals surface area contributed by atoms with Gasteiger partial charge in [-0.15, -0.1) is 0 Å². The molecule has 1 heterocycles. The highest BCUT2D eigenvalue weighted by Gasteiger charge is 2.18. The maximum atomic E-state index is 12.5. The molecule has 3 N–H and O–H groups in total. The molecule has 0 saturated carbocycles. The fraction of sp³-hybridized carbons (Fsp3) is 0.273. The normalized spacial score (nSPS) is 10.8. The Bertz CT molecular complexity index is 1040.